The number of carbonyl (C=O) groups excluding carboxylic acids is 1. The molecule has 1 amide bonds. The van der Waals surface area contributed by atoms with Crippen LogP contribution in [0.3, 0.4) is 0 Å². The van der Waals surface area contributed by atoms with Gasteiger partial charge < -0.3 is 10.1 Å². The Hall–Kier alpha value is -2.54. The predicted molar refractivity (Wildman–Crippen MR) is 102 cm³/mol. The molecule has 0 aliphatic heterocycles. The molecule has 1 atom stereocenters. The van der Waals surface area contributed by atoms with Gasteiger partial charge >= 0.3 is 0 Å². The van der Waals surface area contributed by atoms with Crippen LogP contribution in [-0.2, 0) is 10.0 Å². The van der Waals surface area contributed by atoms with E-state index in [0.717, 1.165) is 12.0 Å². The standard InChI is InChI=1S/C19H24N2O4S/c1-5-14(3)20-19(22)15-8-6-7-9-16(15)21-26(23,24)18-12-13(2)10-11-17(18)25-4/h6-12,14,21H,5H2,1-4H3,(H,20,22)/t14-/m0/s1. The molecule has 0 aliphatic carbocycles. The van der Waals surface area contributed by atoms with Crippen LogP contribution < -0.4 is 14.8 Å². The number of amides is 1. The highest BCUT2D eigenvalue weighted by Gasteiger charge is 2.22. The number of benzene rings is 2. The molecule has 0 spiro atoms. The van der Waals surface area contributed by atoms with E-state index < -0.39 is 10.0 Å². The van der Waals surface area contributed by atoms with Crippen LogP contribution in [0.25, 0.3) is 0 Å². The van der Waals surface area contributed by atoms with Crippen LogP contribution in [0, 0.1) is 6.92 Å². The number of rotatable bonds is 7. The van der Waals surface area contributed by atoms with Crippen LogP contribution in [0.15, 0.2) is 47.4 Å². The first-order valence-corrected chi connectivity index (χ1v) is 9.84. The monoisotopic (exact) mass is 376 g/mol. The molecular formula is C19H24N2O4S. The second-order valence-electron chi connectivity index (χ2n) is 6.09. The second-order valence-corrected chi connectivity index (χ2v) is 7.74. The molecule has 2 aromatic carbocycles. The van der Waals surface area contributed by atoms with E-state index >= 15 is 0 Å². The summed E-state index contributed by atoms with van der Waals surface area (Å²) in [6.45, 7) is 5.65. The van der Waals surface area contributed by atoms with Gasteiger partial charge in [-0.2, -0.15) is 0 Å². The smallest absolute Gasteiger partial charge is 0.265 e. The first-order valence-electron chi connectivity index (χ1n) is 8.35. The number of aryl methyl sites for hydroxylation is 1. The van der Waals surface area contributed by atoms with E-state index in [-0.39, 0.29) is 33.8 Å². The molecule has 140 valence electrons. The van der Waals surface area contributed by atoms with Gasteiger partial charge in [0, 0.05) is 6.04 Å². The summed E-state index contributed by atoms with van der Waals surface area (Å²) in [6, 6.07) is 11.4. The summed E-state index contributed by atoms with van der Waals surface area (Å²) in [6.07, 6.45) is 0.778. The van der Waals surface area contributed by atoms with Crippen LogP contribution in [0.5, 0.6) is 5.75 Å². The number of ether oxygens (including phenoxy) is 1. The van der Waals surface area contributed by atoms with Crippen molar-refractivity contribution in [3.8, 4) is 5.75 Å². The van der Waals surface area contributed by atoms with E-state index in [4.69, 9.17) is 4.74 Å². The fourth-order valence-corrected chi connectivity index (χ4v) is 3.70. The minimum absolute atomic E-state index is 0.0102. The van der Waals surface area contributed by atoms with E-state index in [1.807, 2.05) is 13.8 Å². The third-order valence-electron chi connectivity index (χ3n) is 4.01. The molecule has 0 saturated heterocycles. The third kappa shape index (κ3) is 4.54. The zero-order valence-corrected chi connectivity index (χ0v) is 16.2. The Morgan fingerprint density at radius 3 is 2.54 bits per heavy atom. The second kappa shape index (κ2) is 8.23. The summed E-state index contributed by atoms with van der Waals surface area (Å²) in [5.41, 5.74) is 1.27. The number of anilines is 1. The van der Waals surface area contributed by atoms with Crippen molar-refractivity contribution in [1.82, 2.24) is 5.32 Å². The molecule has 0 saturated carbocycles. The topological polar surface area (TPSA) is 84.5 Å². The maximum Gasteiger partial charge on any atom is 0.265 e. The molecule has 7 heteroatoms. The summed E-state index contributed by atoms with van der Waals surface area (Å²) in [5, 5.41) is 2.84. The number of hydrogen-bond donors (Lipinski definition) is 2. The van der Waals surface area contributed by atoms with Gasteiger partial charge in [0.2, 0.25) is 0 Å². The maximum atomic E-state index is 12.9. The predicted octanol–water partition coefficient (Wildman–Crippen LogP) is 3.33. The molecule has 6 nitrogen and oxygen atoms in total. The van der Waals surface area contributed by atoms with Crippen molar-refractivity contribution in [2.45, 2.75) is 38.1 Å². The minimum atomic E-state index is -3.92. The Bertz CT molecular complexity index is 894. The fraction of sp³-hybridized carbons (Fsp3) is 0.316. The van der Waals surface area contributed by atoms with Crippen molar-refractivity contribution in [2.75, 3.05) is 11.8 Å². The Morgan fingerprint density at radius 2 is 1.88 bits per heavy atom. The zero-order chi connectivity index (χ0) is 19.3. The van der Waals surface area contributed by atoms with Crippen LogP contribution >= 0.6 is 0 Å². The summed E-state index contributed by atoms with van der Waals surface area (Å²) < 4.78 is 33.4. The minimum Gasteiger partial charge on any atom is -0.495 e. The normalized spacial score (nSPS) is 12.3. The highest BCUT2D eigenvalue weighted by molar-refractivity contribution is 7.92. The van der Waals surface area contributed by atoms with Crippen LogP contribution in [0.4, 0.5) is 5.69 Å². The van der Waals surface area contributed by atoms with Gasteiger partial charge in [-0.1, -0.05) is 25.1 Å². The molecule has 2 N–H and O–H groups in total. The Labute approximate surface area is 154 Å². The van der Waals surface area contributed by atoms with E-state index in [0.29, 0.717) is 0 Å². The van der Waals surface area contributed by atoms with Crippen molar-refractivity contribution in [1.29, 1.82) is 0 Å². The molecule has 0 aromatic heterocycles. The van der Waals surface area contributed by atoms with E-state index in [2.05, 4.69) is 10.0 Å². The molecule has 0 heterocycles. The van der Waals surface area contributed by atoms with Crippen molar-refractivity contribution in [2.24, 2.45) is 0 Å². The van der Waals surface area contributed by atoms with E-state index in [1.54, 1.807) is 43.3 Å². The fourth-order valence-electron chi connectivity index (χ4n) is 2.37. The SMILES string of the molecule is CC[C@H](C)NC(=O)c1ccccc1NS(=O)(=O)c1cc(C)ccc1OC. The lowest BCUT2D eigenvalue weighted by molar-refractivity contribution is 0.0940. The lowest BCUT2D eigenvalue weighted by Crippen LogP contribution is -2.32. The lowest BCUT2D eigenvalue weighted by Gasteiger charge is -2.16. The molecule has 0 fully saturated rings. The molecule has 26 heavy (non-hydrogen) atoms. The number of para-hydroxylation sites is 1. The zero-order valence-electron chi connectivity index (χ0n) is 15.4. The summed E-state index contributed by atoms with van der Waals surface area (Å²) in [5.74, 6) is -0.0847. The van der Waals surface area contributed by atoms with Crippen LogP contribution in [0.1, 0.15) is 36.2 Å². The Morgan fingerprint density at radius 1 is 1.19 bits per heavy atom. The quantitative estimate of drug-likeness (QED) is 0.776. The lowest BCUT2D eigenvalue weighted by atomic mass is 10.1. The van der Waals surface area contributed by atoms with Gasteiger partial charge in [-0.25, -0.2) is 8.42 Å². The van der Waals surface area contributed by atoms with Gasteiger partial charge in [-0.05, 0) is 50.1 Å². The highest BCUT2D eigenvalue weighted by Crippen LogP contribution is 2.28. The molecular weight excluding hydrogens is 352 g/mol. The maximum absolute atomic E-state index is 12.9. The van der Waals surface area contributed by atoms with Gasteiger partial charge in [0.15, 0.2) is 0 Å². The average Bonchev–Trinajstić information content (AvgIpc) is 2.61. The van der Waals surface area contributed by atoms with Gasteiger partial charge in [-0.15, -0.1) is 0 Å². The summed E-state index contributed by atoms with van der Waals surface area (Å²) in [7, 11) is -2.51. The largest absolute Gasteiger partial charge is 0.495 e. The molecule has 0 bridgehead atoms. The van der Waals surface area contributed by atoms with Crippen molar-refractivity contribution in [3.63, 3.8) is 0 Å². The van der Waals surface area contributed by atoms with E-state index in [9.17, 15) is 13.2 Å². The summed E-state index contributed by atoms with van der Waals surface area (Å²) >= 11 is 0. The highest BCUT2D eigenvalue weighted by atomic mass is 32.2. The molecule has 0 aliphatic rings. The van der Waals surface area contributed by atoms with E-state index in [1.165, 1.54) is 13.2 Å². The van der Waals surface area contributed by atoms with Crippen molar-refractivity contribution < 1.29 is 17.9 Å². The molecule has 2 aromatic rings. The number of methoxy groups -OCH3 is 1. The first kappa shape index (κ1) is 19.8. The molecule has 2 rings (SSSR count). The Balaban J connectivity index is 2.40. The molecule has 0 radical (unpaired) electrons. The molecule has 0 unspecified atom stereocenters. The van der Waals surface area contributed by atoms with Crippen LogP contribution in [-0.4, -0.2) is 27.5 Å². The number of sulfonamides is 1. The van der Waals surface area contributed by atoms with Gasteiger partial charge in [0.05, 0.1) is 18.4 Å². The van der Waals surface area contributed by atoms with Crippen molar-refractivity contribution >= 4 is 21.6 Å². The average molecular weight is 376 g/mol. The summed E-state index contributed by atoms with van der Waals surface area (Å²) in [4.78, 5) is 12.5. The third-order valence-corrected chi connectivity index (χ3v) is 5.40. The number of nitrogens with one attached hydrogen (secondary N) is 2. The van der Waals surface area contributed by atoms with Gasteiger partial charge in [0.25, 0.3) is 15.9 Å². The van der Waals surface area contributed by atoms with Gasteiger partial charge in [-0.3, -0.25) is 9.52 Å². The Kier molecular flexibility index (Phi) is 6.26. The first-order chi connectivity index (χ1) is 12.3. The van der Waals surface area contributed by atoms with Gasteiger partial charge in [0.1, 0.15) is 10.6 Å². The number of hydrogen-bond acceptors (Lipinski definition) is 4. The van der Waals surface area contributed by atoms with Crippen LogP contribution in [0.2, 0.25) is 0 Å². The number of carbonyl (C=O) groups is 1. The van der Waals surface area contributed by atoms with Crippen molar-refractivity contribution in [3.05, 3.63) is 53.6 Å².